The van der Waals surface area contributed by atoms with Crippen LogP contribution in [-0.2, 0) is 4.79 Å². The first-order valence-electron chi connectivity index (χ1n) is 11.7. The molecule has 7 heteroatoms. The van der Waals surface area contributed by atoms with E-state index in [0.717, 1.165) is 70.1 Å². The number of halogens is 1. The normalized spacial score (nSPS) is 22.5. The lowest BCUT2D eigenvalue weighted by molar-refractivity contribution is -0.138. The van der Waals surface area contributed by atoms with E-state index in [1.165, 1.54) is 6.42 Å². The van der Waals surface area contributed by atoms with Gasteiger partial charge in [-0.2, -0.15) is 0 Å². The molecule has 0 aromatic carbocycles. The first-order valence-corrected chi connectivity index (χ1v) is 12.2. The third kappa shape index (κ3) is 5.79. The minimum atomic E-state index is -0.0377. The van der Waals surface area contributed by atoms with Crippen LogP contribution in [0.2, 0.25) is 0 Å². The molecule has 2 amide bonds. The summed E-state index contributed by atoms with van der Waals surface area (Å²) in [6.45, 7) is 2.47. The molecule has 4 rings (SSSR count). The Balaban J connectivity index is 1.11. The minimum Gasteiger partial charge on any atom is -0.352 e. The predicted octanol–water partition coefficient (Wildman–Crippen LogP) is 4.27. The second-order valence-corrected chi connectivity index (χ2v) is 9.71. The number of fused-ring (bicyclic) bond motifs is 1. The first kappa shape index (κ1) is 22.1. The van der Waals surface area contributed by atoms with Crippen LogP contribution in [0.4, 0.5) is 0 Å². The van der Waals surface area contributed by atoms with E-state index in [2.05, 4.69) is 15.2 Å². The minimum absolute atomic E-state index is 0.0377. The number of nitrogens with one attached hydrogen (secondary N) is 1. The highest BCUT2D eigenvalue weighted by Gasteiger charge is 2.31. The van der Waals surface area contributed by atoms with Crippen molar-refractivity contribution >= 4 is 29.1 Å². The van der Waals surface area contributed by atoms with Gasteiger partial charge < -0.3 is 14.6 Å². The molecule has 1 saturated carbocycles. The van der Waals surface area contributed by atoms with Crippen LogP contribution in [0.1, 0.15) is 68.1 Å². The van der Waals surface area contributed by atoms with Gasteiger partial charge in [0.1, 0.15) is 5.65 Å². The van der Waals surface area contributed by atoms with Crippen LogP contribution in [0, 0.1) is 11.8 Å². The van der Waals surface area contributed by atoms with Crippen molar-refractivity contribution in [2.45, 2.75) is 63.2 Å². The Morgan fingerprint density at radius 1 is 1.13 bits per heavy atom. The molecular weight excluding hydrogens is 412 g/mol. The number of unbranched alkanes of at least 4 members (excludes halogenated alkanes) is 1. The number of imidazole rings is 1. The summed E-state index contributed by atoms with van der Waals surface area (Å²) in [5.74, 6) is 1.13. The molecule has 31 heavy (non-hydrogen) atoms. The molecule has 2 fully saturated rings. The number of pyridine rings is 1. The number of likely N-dealkylation sites (tertiary alicyclic amines) is 1. The molecule has 0 spiro atoms. The number of rotatable bonds is 7. The van der Waals surface area contributed by atoms with Crippen LogP contribution in [0.3, 0.4) is 0 Å². The van der Waals surface area contributed by atoms with Gasteiger partial charge in [0.05, 0.1) is 5.56 Å². The molecular formula is C24H33ClN4O2. The Hall–Kier alpha value is -2.08. The van der Waals surface area contributed by atoms with Crippen molar-refractivity contribution in [2.24, 2.45) is 11.8 Å². The number of hydrogen-bond donors (Lipinski definition) is 1. The smallest absolute Gasteiger partial charge is 0.252 e. The van der Waals surface area contributed by atoms with Crippen molar-refractivity contribution in [1.82, 2.24) is 19.6 Å². The Labute approximate surface area is 189 Å². The third-order valence-corrected chi connectivity index (χ3v) is 7.26. The molecule has 0 radical (unpaired) electrons. The van der Waals surface area contributed by atoms with Crippen LogP contribution in [0.25, 0.3) is 5.65 Å². The van der Waals surface area contributed by atoms with Crippen LogP contribution in [-0.4, -0.2) is 51.1 Å². The number of carbonyl (C=O) groups is 2. The average molecular weight is 445 g/mol. The van der Waals surface area contributed by atoms with E-state index < -0.39 is 0 Å². The highest BCUT2D eigenvalue weighted by atomic mass is 35.5. The molecule has 1 saturated heterocycles. The maximum absolute atomic E-state index is 12.8. The molecule has 168 valence electrons. The number of piperidine rings is 1. The fourth-order valence-corrected chi connectivity index (χ4v) is 5.34. The van der Waals surface area contributed by atoms with E-state index in [-0.39, 0.29) is 17.2 Å². The van der Waals surface area contributed by atoms with Gasteiger partial charge in [0.2, 0.25) is 5.91 Å². The first-order chi connectivity index (χ1) is 15.1. The number of alkyl halides is 1. The topological polar surface area (TPSA) is 66.7 Å². The second-order valence-electron chi connectivity index (χ2n) is 9.09. The summed E-state index contributed by atoms with van der Waals surface area (Å²) in [5.41, 5.74) is 1.49. The van der Waals surface area contributed by atoms with Gasteiger partial charge in [-0.25, -0.2) is 4.98 Å². The maximum Gasteiger partial charge on any atom is 0.252 e. The molecule has 3 heterocycles. The largest absolute Gasteiger partial charge is 0.352 e. The SMILES string of the molecule is O=C(NCCCCC1CCN(C(=O)C2CCCC(Cl)C2)CC1)c1ccc2nccn2c1. The lowest BCUT2D eigenvalue weighted by Crippen LogP contribution is -2.43. The van der Waals surface area contributed by atoms with Crippen LogP contribution < -0.4 is 5.32 Å². The van der Waals surface area contributed by atoms with Crippen molar-refractivity contribution in [2.75, 3.05) is 19.6 Å². The Morgan fingerprint density at radius 3 is 2.77 bits per heavy atom. The summed E-state index contributed by atoms with van der Waals surface area (Å²) in [7, 11) is 0. The Morgan fingerprint density at radius 2 is 1.97 bits per heavy atom. The summed E-state index contributed by atoms with van der Waals surface area (Å²) in [4.78, 5) is 31.4. The van der Waals surface area contributed by atoms with E-state index in [9.17, 15) is 9.59 Å². The van der Waals surface area contributed by atoms with E-state index in [4.69, 9.17) is 11.6 Å². The second kappa shape index (κ2) is 10.5. The van der Waals surface area contributed by atoms with Crippen molar-refractivity contribution in [3.8, 4) is 0 Å². The molecule has 2 aliphatic rings. The monoisotopic (exact) mass is 444 g/mol. The molecule has 6 nitrogen and oxygen atoms in total. The van der Waals surface area contributed by atoms with Gasteiger partial charge >= 0.3 is 0 Å². The van der Waals surface area contributed by atoms with Crippen molar-refractivity contribution in [1.29, 1.82) is 0 Å². The summed E-state index contributed by atoms with van der Waals surface area (Å²) in [6.07, 6.45) is 14.8. The van der Waals surface area contributed by atoms with Crippen molar-refractivity contribution in [3.05, 3.63) is 36.3 Å². The Bertz CT molecular complexity index is 891. The highest BCUT2D eigenvalue weighted by molar-refractivity contribution is 6.20. The number of hydrogen-bond acceptors (Lipinski definition) is 3. The van der Waals surface area contributed by atoms with E-state index in [1.54, 1.807) is 6.20 Å². The molecule has 1 aliphatic carbocycles. The summed E-state index contributed by atoms with van der Waals surface area (Å²) in [6, 6.07) is 3.67. The highest BCUT2D eigenvalue weighted by Crippen LogP contribution is 2.31. The van der Waals surface area contributed by atoms with Gasteiger partial charge in [-0.3, -0.25) is 9.59 Å². The molecule has 1 aliphatic heterocycles. The van der Waals surface area contributed by atoms with Crippen LogP contribution in [0.5, 0.6) is 0 Å². The fourth-order valence-electron chi connectivity index (χ4n) is 4.97. The Kier molecular flexibility index (Phi) is 7.49. The summed E-state index contributed by atoms with van der Waals surface area (Å²) in [5, 5.41) is 3.19. The summed E-state index contributed by atoms with van der Waals surface area (Å²) < 4.78 is 1.86. The zero-order valence-electron chi connectivity index (χ0n) is 18.1. The zero-order chi connectivity index (χ0) is 21.6. The fraction of sp³-hybridized carbons (Fsp3) is 0.625. The van der Waals surface area contributed by atoms with Crippen LogP contribution in [0.15, 0.2) is 30.7 Å². The number of carbonyl (C=O) groups excluding carboxylic acids is 2. The number of amides is 2. The number of aromatic nitrogens is 2. The van der Waals surface area contributed by atoms with Gasteiger partial charge in [0, 0.05) is 49.5 Å². The average Bonchev–Trinajstić information content (AvgIpc) is 3.26. The molecule has 2 atom stereocenters. The van der Waals surface area contributed by atoms with Gasteiger partial charge in [-0.15, -0.1) is 11.6 Å². The summed E-state index contributed by atoms with van der Waals surface area (Å²) >= 11 is 6.27. The van der Waals surface area contributed by atoms with Gasteiger partial charge in [-0.05, 0) is 56.6 Å². The van der Waals surface area contributed by atoms with Crippen molar-refractivity contribution in [3.63, 3.8) is 0 Å². The zero-order valence-corrected chi connectivity index (χ0v) is 18.9. The van der Waals surface area contributed by atoms with E-state index in [1.807, 2.05) is 28.9 Å². The van der Waals surface area contributed by atoms with E-state index >= 15 is 0 Å². The van der Waals surface area contributed by atoms with E-state index in [0.29, 0.717) is 23.9 Å². The molecule has 0 bridgehead atoms. The number of nitrogens with zero attached hydrogens (tertiary/aromatic N) is 3. The third-order valence-electron chi connectivity index (χ3n) is 6.86. The van der Waals surface area contributed by atoms with Crippen LogP contribution >= 0.6 is 11.6 Å². The van der Waals surface area contributed by atoms with Gasteiger partial charge in [0.15, 0.2) is 0 Å². The van der Waals surface area contributed by atoms with Gasteiger partial charge in [-0.1, -0.05) is 19.3 Å². The maximum atomic E-state index is 12.8. The lowest BCUT2D eigenvalue weighted by atomic mass is 9.86. The quantitative estimate of drug-likeness (QED) is 0.512. The lowest BCUT2D eigenvalue weighted by Gasteiger charge is -2.36. The van der Waals surface area contributed by atoms with Gasteiger partial charge in [0.25, 0.3) is 5.91 Å². The molecule has 1 N–H and O–H groups in total. The molecule has 2 aromatic rings. The molecule has 2 aromatic heterocycles. The standard InChI is InChI=1S/C24H33ClN4O2/c25-21-6-3-5-19(16-21)24(31)28-13-9-18(10-14-28)4-1-2-11-27-23(30)20-7-8-22-26-12-15-29(22)17-20/h7-8,12,15,17-19,21H,1-6,9-11,13-14,16H2,(H,27,30). The predicted molar refractivity (Wildman–Crippen MR) is 122 cm³/mol. The van der Waals surface area contributed by atoms with Crippen molar-refractivity contribution < 1.29 is 9.59 Å². The molecule has 2 unspecified atom stereocenters.